The number of hydrogen-bond donors (Lipinski definition) is 1. The minimum atomic E-state index is -0.459. The molecule has 0 radical (unpaired) electrons. The maximum absolute atomic E-state index is 12.7. The van der Waals surface area contributed by atoms with Gasteiger partial charge in [0.25, 0.3) is 11.1 Å². The molecule has 156 valence electrons. The second-order valence-electron chi connectivity index (χ2n) is 7.33. The lowest BCUT2D eigenvalue weighted by Gasteiger charge is -2.13. The van der Waals surface area contributed by atoms with Crippen molar-refractivity contribution >= 4 is 57.0 Å². The van der Waals surface area contributed by atoms with Crippen molar-refractivity contribution in [2.45, 2.75) is 0 Å². The maximum atomic E-state index is 12.7. The number of hydrogen-bond acceptors (Lipinski definition) is 5. The fourth-order valence-electron chi connectivity index (χ4n) is 3.32. The summed E-state index contributed by atoms with van der Waals surface area (Å²) in [6.45, 7) is -0.329. The van der Waals surface area contributed by atoms with Gasteiger partial charge in [0, 0.05) is 30.9 Å². The molecule has 3 aromatic rings. The van der Waals surface area contributed by atoms with Crippen LogP contribution in [0.3, 0.4) is 0 Å². The molecular formula is C24H21N3O3S. The first kappa shape index (κ1) is 20.7. The molecule has 0 aromatic heterocycles. The smallest absolute Gasteiger partial charge is 0.294 e. The summed E-state index contributed by atoms with van der Waals surface area (Å²) in [5.41, 5.74) is 2.50. The van der Waals surface area contributed by atoms with Crippen molar-refractivity contribution in [3.63, 3.8) is 0 Å². The molecule has 7 heteroatoms. The molecule has 1 aliphatic heterocycles. The third-order valence-corrected chi connectivity index (χ3v) is 5.85. The second kappa shape index (κ2) is 8.65. The van der Waals surface area contributed by atoms with Gasteiger partial charge in [-0.25, -0.2) is 0 Å². The minimum absolute atomic E-state index is 0.306. The number of amides is 3. The van der Waals surface area contributed by atoms with Crippen LogP contribution in [-0.2, 0) is 9.59 Å². The highest BCUT2D eigenvalue weighted by Gasteiger charge is 2.36. The molecule has 3 aromatic carbocycles. The molecule has 1 N–H and O–H groups in total. The second-order valence-corrected chi connectivity index (χ2v) is 8.32. The predicted molar refractivity (Wildman–Crippen MR) is 126 cm³/mol. The normalized spacial score (nSPS) is 15.0. The molecule has 0 aliphatic carbocycles. The summed E-state index contributed by atoms with van der Waals surface area (Å²) in [7, 11) is 3.90. The van der Waals surface area contributed by atoms with Gasteiger partial charge >= 0.3 is 0 Å². The van der Waals surface area contributed by atoms with Crippen LogP contribution in [0.25, 0.3) is 16.8 Å². The van der Waals surface area contributed by atoms with Crippen LogP contribution in [0.2, 0.25) is 0 Å². The summed E-state index contributed by atoms with van der Waals surface area (Å²) in [6.07, 6.45) is 1.67. The van der Waals surface area contributed by atoms with Crippen molar-refractivity contribution in [1.29, 1.82) is 0 Å². The molecule has 0 spiro atoms. The van der Waals surface area contributed by atoms with Crippen LogP contribution >= 0.6 is 11.8 Å². The average molecular weight is 432 g/mol. The van der Waals surface area contributed by atoms with Gasteiger partial charge in [-0.05, 0) is 47.0 Å². The Labute approximate surface area is 184 Å². The molecule has 6 nitrogen and oxygen atoms in total. The van der Waals surface area contributed by atoms with Gasteiger partial charge in [-0.1, -0.05) is 48.5 Å². The number of thioether (sulfide) groups is 1. The van der Waals surface area contributed by atoms with E-state index in [2.05, 4.69) is 5.32 Å². The maximum Gasteiger partial charge on any atom is 0.294 e. The molecule has 0 atom stereocenters. The Balaban J connectivity index is 1.47. The van der Waals surface area contributed by atoms with E-state index in [1.807, 2.05) is 79.7 Å². The Morgan fingerprint density at radius 1 is 1.00 bits per heavy atom. The Kier molecular flexibility index (Phi) is 5.77. The summed E-state index contributed by atoms with van der Waals surface area (Å²) >= 11 is 0.846. The summed E-state index contributed by atoms with van der Waals surface area (Å²) < 4.78 is 0. The highest BCUT2D eigenvalue weighted by atomic mass is 32.2. The van der Waals surface area contributed by atoms with Crippen LogP contribution in [0.1, 0.15) is 5.56 Å². The molecular weight excluding hydrogens is 410 g/mol. The monoisotopic (exact) mass is 431 g/mol. The molecule has 1 saturated heterocycles. The molecule has 0 saturated carbocycles. The van der Waals surface area contributed by atoms with Gasteiger partial charge in [-0.3, -0.25) is 19.3 Å². The minimum Gasteiger partial charge on any atom is -0.378 e. The van der Waals surface area contributed by atoms with Crippen LogP contribution in [0.4, 0.5) is 16.2 Å². The predicted octanol–water partition coefficient (Wildman–Crippen LogP) is 4.58. The third kappa shape index (κ3) is 4.46. The van der Waals surface area contributed by atoms with E-state index in [0.717, 1.165) is 38.7 Å². The lowest BCUT2D eigenvalue weighted by atomic mass is 10.1. The number of anilines is 2. The van der Waals surface area contributed by atoms with Gasteiger partial charge in [0.05, 0.1) is 4.91 Å². The SMILES string of the molecule is CN(C)c1ccc(/C=C2/SC(=O)N(CC(=O)Nc3cccc4ccccc34)C2=O)cc1. The van der Waals surface area contributed by atoms with Crippen LogP contribution in [0.5, 0.6) is 0 Å². The molecule has 4 rings (SSSR count). The number of imide groups is 1. The molecule has 1 heterocycles. The summed E-state index contributed by atoms with van der Waals surface area (Å²) in [4.78, 5) is 40.9. The van der Waals surface area contributed by atoms with E-state index in [9.17, 15) is 14.4 Å². The first-order chi connectivity index (χ1) is 14.9. The Hall–Kier alpha value is -3.58. The van der Waals surface area contributed by atoms with E-state index in [1.165, 1.54) is 0 Å². The lowest BCUT2D eigenvalue weighted by molar-refractivity contribution is -0.127. The first-order valence-corrected chi connectivity index (χ1v) is 10.5. The number of carbonyl (C=O) groups is 3. The molecule has 31 heavy (non-hydrogen) atoms. The van der Waals surface area contributed by atoms with Gasteiger partial charge in [0.15, 0.2) is 0 Å². The van der Waals surface area contributed by atoms with Crippen LogP contribution < -0.4 is 10.2 Å². The van der Waals surface area contributed by atoms with E-state index in [-0.39, 0.29) is 6.54 Å². The molecule has 1 fully saturated rings. The van der Waals surface area contributed by atoms with Crippen molar-refractivity contribution in [1.82, 2.24) is 4.90 Å². The number of benzene rings is 3. The largest absolute Gasteiger partial charge is 0.378 e. The van der Waals surface area contributed by atoms with E-state index in [1.54, 1.807) is 12.1 Å². The van der Waals surface area contributed by atoms with E-state index < -0.39 is 17.1 Å². The van der Waals surface area contributed by atoms with E-state index in [0.29, 0.717) is 10.6 Å². The number of nitrogens with one attached hydrogen (secondary N) is 1. The average Bonchev–Trinajstić information content (AvgIpc) is 3.01. The quantitative estimate of drug-likeness (QED) is 0.599. The molecule has 1 aliphatic rings. The summed E-state index contributed by atoms with van der Waals surface area (Å²) in [5.74, 6) is -0.880. The fourth-order valence-corrected chi connectivity index (χ4v) is 4.16. The zero-order valence-electron chi connectivity index (χ0n) is 17.2. The number of nitrogens with zero attached hydrogens (tertiary/aromatic N) is 2. The van der Waals surface area contributed by atoms with Gasteiger partial charge in [0.1, 0.15) is 6.54 Å². The van der Waals surface area contributed by atoms with Crippen molar-refractivity contribution < 1.29 is 14.4 Å². The Bertz CT molecular complexity index is 1200. The Morgan fingerprint density at radius 2 is 1.71 bits per heavy atom. The lowest BCUT2D eigenvalue weighted by Crippen LogP contribution is -2.36. The van der Waals surface area contributed by atoms with E-state index >= 15 is 0 Å². The van der Waals surface area contributed by atoms with Crippen molar-refractivity contribution in [2.75, 3.05) is 30.9 Å². The molecule has 0 unspecified atom stereocenters. The van der Waals surface area contributed by atoms with Gasteiger partial charge in [-0.2, -0.15) is 0 Å². The highest BCUT2D eigenvalue weighted by molar-refractivity contribution is 8.18. The van der Waals surface area contributed by atoms with E-state index in [4.69, 9.17) is 0 Å². The number of carbonyl (C=O) groups excluding carboxylic acids is 3. The third-order valence-electron chi connectivity index (χ3n) is 4.95. The number of rotatable bonds is 5. The molecule has 0 bridgehead atoms. The van der Waals surface area contributed by atoms with Crippen LogP contribution in [-0.4, -0.2) is 42.6 Å². The number of fused-ring (bicyclic) bond motifs is 1. The zero-order valence-corrected chi connectivity index (χ0v) is 18.0. The standard InChI is InChI=1S/C24H21N3O3S/c1-26(2)18-12-10-16(11-13-18)14-21-23(29)27(24(30)31-21)15-22(28)25-20-9-5-7-17-6-3-4-8-19(17)20/h3-14H,15H2,1-2H3,(H,25,28)/b21-14+. The van der Waals surface area contributed by atoms with Crippen molar-refractivity contribution in [3.05, 3.63) is 77.2 Å². The van der Waals surface area contributed by atoms with Gasteiger partial charge in [0.2, 0.25) is 5.91 Å². The highest BCUT2D eigenvalue weighted by Crippen LogP contribution is 2.32. The fraction of sp³-hybridized carbons (Fsp3) is 0.125. The van der Waals surface area contributed by atoms with Gasteiger partial charge < -0.3 is 10.2 Å². The summed E-state index contributed by atoms with van der Waals surface area (Å²) in [5, 5.41) is 4.26. The van der Waals surface area contributed by atoms with Gasteiger partial charge in [-0.15, -0.1) is 0 Å². The zero-order chi connectivity index (χ0) is 22.0. The summed E-state index contributed by atoms with van der Waals surface area (Å²) in [6, 6.07) is 20.9. The molecule has 3 amide bonds. The van der Waals surface area contributed by atoms with Crippen LogP contribution in [0.15, 0.2) is 71.6 Å². The first-order valence-electron chi connectivity index (χ1n) is 9.73. The van der Waals surface area contributed by atoms with Crippen molar-refractivity contribution in [3.8, 4) is 0 Å². The van der Waals surface area contributed by atoms with Crippen molar-refractivity contribution in [2.24, 2.45) is 0 Å². The van der Waals surface area contributed by atoms with Crippen LogP contribution in [0, 0.1) is 0 Å². The Morgan fingerprint density at radius 3 is 2.45 bits per heavy atom. The topological polar surface area (TPSA) is 69.7 Å².